The molecule has 0 spiro atoms. The van der Waals surface area contributed by atoms with Crippen molar-refractivity contribution in [3.63, 3.8) is 0 Å². The minimum atomic E-state index is -0.103. The van der Waals surface area contributed by atoms with E-state index in [1.807, 2.05) is 36.4 Å². The van der Waals surface area contributed by atoms with Gasteiger partial charge in [-0.3, -0.25) is 4.79 Å². The van der Waals surface area contributed by atoms with Crippen LogP contribution in [0.5, 0.6) is 0 Å². The topological polar surface area (TPSA) is 20.3 Å². The van der Waals surface area contributed by atoms with Gasteiger partial charge in [-0.05, 0) is 48.7 Å². The molecule has 0 radical (unpaired) electrons. The first kappa shape index (κ1) is 17.2. The molecule has 2 nitrogen and oxygen atoms in total. The number of hydrogen-bond acceptors (Lipinski definition) is 2. The van der Waals surface area contributed by atoms with Crippen LogP contribution in [0, 0.1) is 6.92 Å². The summed E-state index contributed by atoms with van der Waals surface area (Å²) in [6.07, 6.45) is 1.09. The van der Waals surface area contributed by atoms with Gasteiger partial charge in [0.2, 0.25) is 0 Å². The van der Waals surface area contributed by atoms with Crippen LogP contribution in [0.15, 0.2) is 48.5 Å². The van der Waals surface area contributed by atoms with E-state index >= 15 is 0 Å². The zero-order valence-corrected chi connectivity index (χ0v) is 15.1. The van der Waals surface area contributed by atoms with Gasteiger partial charge in [-0.2, -0.15) is 0 Å². The van der Waals surface area contributed by atoms with Crippen LogP contribution in [0.1, 0.15) is 41.9 Å². The Hall–Kier alpha value is -1.64. The fourth-order valence-corrected chi connectivity index (χ4v) is 3.93. The second kappa shape index (κ2) is 7.50. The van der Waals surface area contributed by atoms with Crippen molar-refractivity contribution < 1.29 is 4.79 Å². The molecule has 0 saturated carbocycles. The largest absolute Gasteiger partial charge is 0.301 e. The lowest BCUT2D eigenvalue weighted by molar-refractivity contribution is -0.125. The number of carbonyl (C=O) groups is 1. The number of aryl methyl sites for hydroxylation is 1. The highest BCUT2D eigenvalue weighted by Gasteiger charge is 2.37. The second-order valence-electron chi connectivity index (χ2n) is 6.68. The first-order chi connectivity index (χ1) is 11.6. The molecule has 1 fully saturated rings. The van der Waals surface area contributed by atoms with Crippen LogP contribution < -0.4 is 0 Å². The summed E-state index contributed by atoms with van der Waals surface area (Å²) in [6, 6.07) is 16.0. The fourth-order valence-electron chi connectivity index (χ4n) is 3.73. The molecular weight excluding hydrogens is 318 g/mol. The third-order valence-corrected chi connectivity index (χ3v) is 5.16. The lowest BCUT2D eigenvalue weighted by Crippen LogP contribution is -2.45. The van der Waals surface area contributed by atoms with E-state index in [1.54, 1.807) is 0 Å². The van der Waals surface area contributed by atoms with Crippen molar-refractivity contribution in [2.75, 3.05) is 19.6 Å². The summed E-state index contributed by atoms with van der Waals surface area (Å²) in [6.45, 7) is 6.90. The summed E-state index contributed by atoms with van der Waals surface area (Å²) in [5.74, 6) is 0.156. The molecule has 2 aromatic carbocycles. The number of hydrogen-bond donors (Lipinski definition) is 0. The minimum Gasteiger partial charge on any atom is -0.301 e. The Balaban J connectivity index is 1.97. The van der Waals surface area contributed by atoms with Crippen LogP contribution in [-0.4, -0.2) is 30.3 Å². The van der Waals surface area contributed by atoms with Gasteiger partial charge in [-0.1, -0.05) is 54.9 Å². The molecule has 3 rings (SSSR count). The van der Waals surface area contributed by atoms with Crippen molar-refractivity contribution in [3.05, 3.63) is 70.2 Å². The van der Waals surface area contributed by atoms with Crippen LogP contribution in [0.4, 0.5) is 0 Å². The van der Waals surface area contributed by atoms with E-state index in [2.05, 4.69) is 30.9 Å². The quantitative estimate of drug-likeness (QED) is 0.795. The van der Waals surface area contributed by atoms with Gasteiger partial charge in [0.1, 0.15) is 5.78 Å². The van der Waals surface area contributed by atoms with Crippen LogP contribution in [0.2, 0.25) is 5.02 Å². The van der Waals surface area contributed by atoms with Crippen LogP contribution >= 0.6 is 11.6 Å². The highest BCUT2D eigenvalue weighted by molar-refractivity contribution is 6.30. The monoisotopic (exact) mass is 341 g/mol. The van der Waals surface area contributed by atoms with Gasteiger partial charge in [0.25, 0.3) is 0 Å². The van der Waals surface area contributed by atoms with Crippen molar-refractivity contribution in [1.82, 2.24) is 4.90 Å². The molecule has 3 heteroatoms. The summed E-state index contributed by atoms with van der Waals surface area (Å²) >= 11 is 6.16. The standard InChI is InChI=1S/C21H24ClNO/c1-3-11-23-13-19(16-8-6-9-17(22)12-16)21(24)20(14-23)18-10-5-4-7-15(18)2/h4-10,12,19-20H,3,11,13-14H2,1-2H3. The van der Waals surface area contributed by atoms with E-state index in [9.17, 15) is 4.79 Å². The number of likely N-dealkylation sites (tertiary alicyclic amines) is 1. The van der Waals surface area contributed by atoms with Gasteiger partial charge in [0, 0.05) is 18.1 Å². The summed E-state index contributed by atoms with van der Waals surface area (Å²) in [7, 11) is 0. The average Bonchev–Trinajstić information content (AvgIpc) is 2.57. The molecule has 0 aromatic heterocycles. The Morgan fingerprint density at radius 2 is 1.83 bits per heavy atom. The molecule has 0 amide bonds. The second-order valence-corrected chi connectivity index (χ2v) is 7.12. The van der Waals surface area contributed by atoms with E-state index in [0.717, 1.165) is 37.2 Å². The predicted molar refractivity (Wildman–Crippen MR) is 99.9 cm³/mol. The highest BCUT2D eigenvalue weighted by atomic mass is 35.5. The molecule has 1 aliphatic rings. The molecule has 2 atom stereocenters. The molecule has 2 unspecified atom stereocenters. The van der Waals surface area contributed by atoms with E-state index in [0.29, 0.717) is 10.8 Å². The molecule has 0 bridgehead atoms. The third kappa shape index (κ3) is 3.55. The molecule has 0 N–H and O–H groups in total. The Kier molecular flexibility index (Phi) is 5.37. The number of piperidine rings is 1. The number of rotatable bonds is 4. The molecule has 1 saturated heterocycles. The first-order valence-electron chi connectivity index (χ1n) is 8.67. The van der Waals surface area contributed by atoms with Crippen molar-refractivity contribution >= 4 is 17.4 Å². The normalized spacial score (nSPS) is 21.9. The van der Waals surface area contributed by atoms with Crippen molar-refractivity contribution in [2.24, 2.45) is 0 Å². The maximum Gasteiger partial charge on any atom is 0.150 e. The van der Waals surface area contributed by atoms with Gasteiger partial charge in [-0.25, -0.2) is 0 Å². The number of ketones is 1. The first-order valence-corrected chi connectivity index (χ1v) is 9.05. The Bertz CT molecular complexity index is 727. The summed E-state index contributed by atoms with van der Waals surface area (Å²) in [4.78, 5) is 15.7. The van der Waals surface area contributed by atoms with Crippen LogP contribution in [-0.2, 0) is 4.79 Å². The minimum absolute atomic E-state index is 0.0597. The maximum absolute atomic E-state index is 13.3. The fraction of sp³-hybridized carbons (Fsp3) is 0.381. The number of carbonyl (C=O) groups excluding carboxylic acids is 1. The van der Waals surface area contributed by atoms with Crippen molar-refractivity contribution in [1.29, 1.82) is 0 Å². The Morgan fingerprint density at radius 1 is 1.08 bits per heavy atom. The van der Waals surface area contributed by atoms with Gasteiger partial charge in [0.15, 0.2) is 0 Å². The van der Waals surface area contributed by atoms with E-state index in [-0.39, 0.29) is 11.8 Å². The van der Waals surface area contributed by atoms with Gasteiger partial charge in [-0.15, -0.1) is 0 Å². The number of nitrogens with zero attached hydrogens (tertiary/aromatic N) is 1. The number of halogens is 1. The number of Topliss-reactive ketones (excluding diaryl/α,β-unsaturated/α-hetero) is 1. The van der Waals surface area contributed by atoms with Gasteiger partial charge >= 0.3 is 0 Å². The van der Waals surface area contributed by atoms with E-state index in [1.165, 1.54) is 5.56 Å². The SMILES string of the molecule is CCCN1CC(c2cccc(Cl)c2)C(=O)C(c2ccccc2C)C1. The van der Waals surface area contributed by atoms with Crippen molar-refractivity contribution in [2.45, 2.75) is 32.1 Å². The summed E-state index contributed by atoms with van der Waals surface area (Å²) in [5, 5.41) is 0.695. The zero-order valence-electron chi connectivity index (χ0n) is 14.3. The molecule has 2 aromatic rings. The summed E-state index contributed by atoms with van der Waals surface area (Å²) < 4.78 is 0. The third-order valence-electron chi connectivity index (χ3n) is 4.92. The number of benzene rings is 2. The van der Waals surface area contributed by atoms with Crippen molar-refractivity contribution in [3.8, 4) is 0 Å². The maximum atomic E-state index is 13.3. The summed E-state index contributed by atoms with van der Waals surface area (Å²) in [5.41, 5.74) is 3.39. The molecular formula is C21H24ClNO. The average molecular weight is 342 g/mol. The molecule has 1 heterocycles. The van der Waals surface area contributed by atoms with Gasteiger partial charge < -0.3 is 4.90 Å². The molecule has 24 heavy (non-hydrogen) atoms. The lowest BCUT2D eigenvalue weighted by atomic mass is 9.78. The van der Waals surface area contributed by atoms with E-state index < -0.39 is 0 Å². The van der Waals surface area contributed by atoms with Crippen LogP contribution in [0.3, 0.4) is 0 Å². The molecule has 1 aliphatic heterocycles. The zero-order chi connectivity index (χ0) is 17.1. The smallest absolute Gasteiger partial charge is 0.150 e. The van der Waals surface area contributed by atoms with E-state index in [4.69, 9.17) is 11.6 Å². The van der Waals surface area contributed by atoms with Gasteiger partial charge in [0.05, 0.1) is 11.8 Å². The molecule has 0 aliphatic carbocycles. The Morgan fingerprint density at radius 3 is 2.54 bits per heavy atom. The lowest BCUT2D eigenvalue weighted by Gasteiger charge is -2.37. The highest BCUT2D eigenvalue weighted by Crippen LogP contribution is 2.34. The van der Waals surface area contributed by atoms with Crippen LogP contribution in [0.25, 0.3) is 0 Å². The molecule has 126 valence electrons. The Labute approximate surface area is 149 Å². The predicted octanol–water partition coefficient (Wildman–Crippen LogP) is 4.81.